The number of benzene rings is 4. The van der Waals surface area contributed by atoms with E-state index in [0.29, 0.717) is 22.7 Å². The van der Waals surface area contributed by atoms with Crippen molar-refractivity contribution in [2.45, 2.75) is 134 Å². The van der Waals surface area contributed by atoms with Crippen LogP contribution in [-0.4, -0.2) is 98.1 Å². The van der Waals surface area contributed by atoms with Gasteiger partial charge < -0.3 is 49.4 Å². The molecule has 0 saturated carbocycles. The van der Waals surface area contributed by atoms with Crippen molar-refractivity contribution in [3.05, 3.63) is 125 Å². The van der Waals surface area contributed by atoms with E-state index in [2.05, 4.69) is 34.2 Å². The van der Waals surface area contributed by atoms with Crippen molar-refractivity contribution in [2.75, 3.05) is 12.1 Å². The number of nitrogen functional groups attached to an aromatic ring is 1. The summed E-state index contributed by atoms with van der Waals surface area (Å²) in [6.07, 6.45) is -1.06. The predicted octanol–water partition coefficient (Wildman–Crippen LogP) is 7.14. The summed E-state index contributed by atoms with van der Waals surface area (Å²) in [4.78, 5) is 18.7. The molecule has 3 aliphatic rings. The minimum atomic E-state index is -3.54. The van der Waals surface area contributed by atoms with Gasteiger partial charge >= 0.3 is 6.03 Å². The Morgan fingerprint density at radius 1 is 0.769 bits per heavy atom. The Labute approximate surface area is 380 Å². The number of carbonyl (C=O) groups excluding carboxylic acids is 1. The van der Waals surface area contributed by atoms with E-state index in [-0.39, 0.29) is 44.5 Å². The van der Waals surface area contributed by atoms with Gasteiger partial charge in [-0.15, -0.1) is 0 Å². The van der Waals surface area contributed by atoms with Gasteiger partial charge in [0.2, 0.25) is 7.44 Å². The summed E-state index contributed by atoms with van der Waals surface area (Å²) in [5.41, 5.74) is 9.98. The zero-order valence-electron chi connectivity index (χ0n) is 37.4. The van der Waals surface area contributed by atoms with Crippen LogP contribution in [0.2, 0.25) is 0 Å². The molecule has 65 heavy (non-hydrogen) atoms. The van der Waals surface area contributed by atoms with Crippen LogP contribution in [0.5, 0.6) is 5.75 Å². The molecule has 2 amide bonds. The van der Waals surface area contributed by atoms with Crippen LogP contribution in [-0.2, 0) is 43.0 Å². The van der Waals surface area contributed by atoms with Gasteiger partial charge in [0.15, 0.2) is 37.3 Å². The van der Waals surface area contributed by atoms with Crippen molar-refractivity contribution in [2.24, 2.45) is 0 Å². The molecule has 0 bridgehead atoms. The van der Waals surface area contributed by atoms with Gasteiger partial charge in [0.05, 0.1) is 29.7 Å². The second-order valence-electron chi connectivity index (χ2n) is 17.3. The van der Waals surface area contributed by atoms with E-state index in [9.17, 15) is 14.8 Å². The number of H-pyrrole nitrogens is 1. The molecule has 7 N–H and O–H groups in total. The lowest BCUT2D eigenvalue weighted by molar-refractivity contribution is -0.390. The molecule has 4 heterocycles. The van der Waals surface area contributed by atoms with Crippen LogP contribution in [0.15, 0.2) is 103 Å². The number of nitrogens with one attached hydrogen (secondary N) is 3. The first-order valence-electron chi connectivity index (χ1n) is 22.6. The number of fused-ring (bicyclic) bond motifs is 1. The smallest absolute Gasteiger partial charge is 0.321 e. The van der Waals surface area contributed by atoms with E-state index in [1.54, 1.807) is 28.0 Å². The van der Waals surface area contributed by atoms with Crippen molar-refractivity contribution < 1.29 is 43.3 Å². The van der Waals surface area contributed by atoms with Crippen LogP contribution >= 0.6 is 7.44 Å². The minimum absolute atomic E-state index is 0.0362. The third kappa shape index (κ3) is 10.9. The summed E-state index contributed by atoms with van der Waals surface area (Å²) >= 11 is 0. The maximum atomic E-state index is 15.4. The van der Waals surface area contributed by atoms with Crippen LogP contribution < -0.4 is 20.6 Å². The number of ether oxygens (including phenoxy) is 5. The number of amides is 2. The highest BCUT2D eigenvalue weighted by molar-refractivity contribution is 7.59. The maximum Gasteiger partial charge on any atom is 0.321 e. The van der Waals surface area contributed by atoms with E-state index < -0.39 is 56.4 Å². The number of anilines is 1. The molecule has 0 aliphatic carbocycles. The van der Waals surface area contributed by atoms with E-state index in [1.807, 2.05) is 98.8 Å². The van der Waals surface area contributed by atoms with Gasteiger partial charge in [0, 0.05) is 18.5 Å². The molecule has 0 spiro atoms. The molecule has 6 atom stereocenters. The average molecular weight is 912 g/mol. The lowest BCUT2D eigenvalue weighted by Crippen LogP contribution is -2.55. The van der Waals surface area contributed by atoms with E-state index in [1.165, 1.54) is 0 Å². The summed E-state index contributed by atoms with van der Waals surface area (Å²) in [5, 5.41) is 38.8. The molecule has 3 saturated heterocycles. The van der Waals surface area contributed by atoms with Gasteiger partial charge in [-0.25, -0.2) is 15.0 Å². The lowest BCUT2D eigenvalue weighted by atomic mass is 9.90. The van der Waals surface area contributed by atoms with Crippen LogP contribution in [0.4, 0.5) is 10.6 Å². The Balaban J connectivity index is 1.07. The highest BCUT2D eigenvalue weighted by Crippen LogP contribution is 2.42. The number of rotatable bonds is 20. The largest absolute Gasteiger partial charge is 0.483 e. The number of hydrogen-bond acceptors (Lipinski definition) is 11. The van der Waals surface area contributed by atoms with Crippen LogP contribution in [0, 0.1) is 0 Å². The molecule has 4 aromatic carbocycles. The van der Waals surface area contributed by atoms with Gasteiger partial charge in [-0.3, -0.25) is 9.66 Å². The molecule has 3 fully saturated rings. The Morgan fingerprint density at radius 2 is 1.35 bits per heavy atom. The molecule has 1 unspecified atom stereocenters. The number of carbonyl (C=O) groups is 1. The molecular formula is C48H62N7O9P. The first kappa shape index (κ1) is 46.7. The summed E-state index contributed by atoms with van der Waals surface area (Å²) in [6.45, 7) is 7.97. The first-order chi connectivity index (χ1) is 31.4. The lowest BCUT2D eigenvalue weighted by Gasteiger charge is -2.42. The Bertz CT molecular complexity index is 2350. The number of aliphatic hydroxyl groups is 2. The minimum Gasteiger partial charge on any atom is -0.483 e. The second kappa shape index (κ2) is 20.7. The Hall–Kier alpha value is -4.87. The molecule has 8 rings (SSSR count). The number of aromatic nitrogens is 2. The number of urea groups is 1. The summed E-state index contributed by atoms with van der Waals surface area (Å²) < 4.78 is 44.8. The zero-order chi connectivity index (χ0) is 45.7. The molecule has 1 aromatic heterocycles. The van der Waals surface area contributed by atoms with Gasteiger partial charge in [-0.1, -0.05) is 106 Å². The standard InChI is InChI=1S/C48H62N7O9P/c1-5-14-40-61-46(62-40)30(3)52-65(59,53-31(4)47-63-41(64-47)15-6-2)29-60-36-21-13-18-33(24-36)28-55-42(35-19-11-8-12-20-35)44(57)43(56)39(26-32-16-9-7-10-17-32)54(48(55)58)27-34-22-23-38-37(25-34)45(49)51-50-38/h7-13,16-25,30-31,39-44,46-47,56-57H,5-6,14-15,26-29H2,1-4H3,(H3,49,50,51)(H2,52,53,59)/t30-,31-,39+,40?,41?,42?,43-,44-,46?,47?,65?/m0/s1. The van der Waals surface area contributed by atoms with Gasteiger partial charge in [-0.2, -0.15) is 5.10 Å². The van der Waals surface area contributed by atoms with Gasteiger partial charge in [-0.05, 0) is 79.6 Å². The Morgan fingerprint density at radius 3 is 1.98 bits per heavy atom. The van der Waals surface area contributed by atoms with Crippen molar-refractivity contribution in [3.63, 3.8) is 0 Å². The number of nitrogens with zero attached hydrogens (tertiary/aromatic N) is 3. The zero-order valence-corrected chi connectivity index (χ0v) is 38.3. The van der Waals surface area contributed by atoms with Crippen molar-refractivity contribution in [1.82, 2.24) is 30.2 Å². The van der Waals surface area contributed by atoms with Crippen molar-refractivity contribution >= 4 is 30.2 Å². The molecule has 5 aromatic rings. The number of nitrogens with two attached hydrogens (primary N) is 1. The third-order valence-corrected chi connectivity index (χ3v) is 14.4. The Kier molecular flexibility index (Phi) is 14.9. The highest BCUT2D eigenvalue weighted by Gasteiger charge is 2.47. The number of aromatic amines is 1. The van der Waals surface area contributed by atoms with Crippen molar-refractivity contribution in [1.29, 1.82) is 0 Å². The highest BCUT2D eigenvalue weighted by atomic mass is 31.2. The van der Waals surface area contributed by atoms with Gasteiger partial charge in [0.1, 0.15) is 18.0 Å². The summed E-state index contributed by atoms with van der Waals surface area (Å²) in [7, 11) is -3.54. The predicted molar refractivity (Wildman–Crippen MR) is 246 cm³/mol. The molecule has 16 nitrogen and oxygen atoms in total. The fourth-order valence-corrected chi connectivity index (χ4v) is 11.0. The summed E-state index contributed by atoms with van der Waals surface area (Å²) in [5.74, 6) is 0.748. The fraction of sp³-hybridized carbons (Fsp3) is 0.458. The van der Waals surface area contributed by atoms with Gasteiger partial charge in [0.25, 0.3) is 0 Å². The normalized spacial score (nSPS) is 26.5. The molecule has 17 heteroatoms. The quantitative estimate of drug-likeness (QED) is 0.0430. The van der Waals surface area contributed by atoms with Crippen molar-refractivity contribution in [3.8, 4) is 5.75 Å². The topological polar surface area (TPSA) is 206 Å². The summed E-state index contributed by atoms with van der Waals surface area (Å²) in [6, 6.07) is 28.8. The number of hydrogen-bond donors (Lipinski definition) is 6. The van der Waals surface area contributed by atoms with Crippen LogP contribution in [0.3, 0.4) is 0 Å². The van der Waals surface area contributed by atoms with Crippen LogP contribution in [0.25, 0.3) is 10.9 Å². The molecular weight excluding hydrogens is 850 g/mol. The van der Waals surface area contributed by atoms with E-state index in [4.69, 9.17) is 29.4 Å². The first-order valence-corrected chi connectivity index (χ1v) is 24.5. The van der Waals surface area contributed by atoms with E-state index in [0.717, 1.165) is 47.7 Å². The maximum absolute atomic E-state index is 15.4. The number of aliphatic hydroxyl groups excluding tert-OH is 2. The van der Waals surface area contributed by atoms with E-state index >= 15 is 4.79 Å². The molecule has 348 valence electrons. The second-order valence-corrected chi connectivity index (χ2v) is 19.6. The fourth-order valence-electron chi connectivity index (χ4n) is 8.87. The average Bonchev–Trinajstić information content (AvgIpc) is 3.62. The third-order valence-electron chi connectivity index (χ3n) is 12.2. The van der Waals surface area contributed by atoms with Crippen LogP contribution in [0.1, 0.15) is 81.7 Å². The monoisotopic (exact) mass is 911 g/mol. The molecule has 0 radical (unpaired) electrons. The SMILES string of the molecule is CCCC1OC([C@H](C)NP(=O)(COc2cccc(CN3C(=O)N(Cc4ccc5[nH]nc(N)c5c4)[C@H](Cc4ccccc4)[C@H](O)[C@@H](O)C3c3ccccc3)c2)N[C@@H](C)C2OC(CCC)O2)O1. The molecule has 3 aliphatic heterocycles.